The van der Waals surface area contributed by atoms with Crippen LogP contribution in [0.5, 0.6) is 0 Å². The first-order valence-electron chi connectivity index (χ1n) is 5.44. The first-order valence-corrected chi connectivity index (χ1v) is 5.44. The molecular formula is C12H12N4. The zero-order valence-corrected chi connectivity index (χ0v) is 8.83. The predicted molar refractivity (Wildman–Crippen MR) is 61.9 cm³/mol. The van der Waals surface area contributed by atoms with Gasteiger partial charge in [-0.05, 0) is 37.5 Å². The highest BCUT2D eigenvalue weighted by atomic mass is 15.1. The summed E-state index contributed by atoms with van der Waals surface area (Å²) in [7, 11) is 0. The van der Waals surface area contributed by atoms with Crippen LogP contribution in [0.2, 0.25) is 0 Å². The summed E-state index contributed by atoms with van der Waals surface area (Å²) >= 11 is 0. The van der Waals surface area contributed by atoms with Gasteiger partial charge in [-0.3, -0.25) is 5.10 Å². The molecule has 0 radical (unpaired) electrons. The number of hydrogen-bond donors (Lipinski definition) is 2. The number of nitrogens with zero attached hydrogens (tertiary/aromatic N) is 2. The van der Waals surface area contributed by atoms with Crippen LogP contribution in [0.1, 0.15) is 19.3 Å². The van der Waals surface area contributed by atoms with Crippen molar-refractivity contribution in [1.29, 1.82) is 5.26 Å². The van der Waals surface area contributed by atoms with E-state index in [4.69, 9.17) is 5.26 Å². The van der Waals surface area contributed by atoms with Gasteiger partial charge >= 0.3 is 0 Å². The zero-order valence-electron chi connectivity index (χ0n) is 8.83. The summed E-state index contributed by atoms with van der Waals surface area (Å²) in [5.41, 5.74) is 1.68. The van der Waals surface area contributed by atoms with E-state index < -0.39 is 0 Å². The zero-order chi connectivity index (χ0) is 11.0. The summed E-state index contributed by atoms with van der Waals surface area (Å²) < 4.78 is 0. The smallest absolute Gasteiger partial charge is 0.125 e. The Balaban J connectivity index is 1.92. The number of aromatic amines is 1. The maximum Gasteiger partial charge on any atom is 0.125 e. The largest absolute Gasteiger partial charge is 0.367 e. The Morgan fingerprint density at radius 1 is 1.44 bits per heavy atom. The lowest BCUT2D eigenvalue weighted by molar-refractivity contribution is 0.356. The van der Waals surface area contributed by atoms with Crippen LogP contribution in [0.4, 0.5) is 5.69 Å². The molecule has 2 N–H and O–H groups in total. The van der Waals surface area contributed by atoms with Gasteiger partial charge in [-0.2, -0.15) is 10.4 Å². The van der Waals surface area contributed by atoms with Crippen molar-refractivity contribution in [2.45, 2.75) is 24.8 Å². The van der Waals surface area contributed by atoms with Crippen molar-refractivity contribution in [2.24, 2.45) is 0 Å². The van der Waals surface area contributed by atoms with E-state index in [1.165, 1.54) is 0 Å². The molecule has 1 saturated carbocycles. The lowest BCUT2D eigenvalue weighted by atomic mass is 9.78. The minimum atomic E-state index is -0.336. The first-order chi connectivity index (χ1) is 7.81. The van der Waals surface area contributed by atoms with Crippen LogP contribution in [0.3, 0.4) is 0 Å². The van der Waals surface area contributed by atoms with Gasteiger partial charge in [0, 0.05) is 11.1 Å². The Bertz CT molecular complexity index is 560. The number of rotatable bonds is 2. The molecule has 3 rings (SSSR count). The second-order valence-corrected chi connectivity index (χ2v) is 4.34. The van der Waals surface area contributed by atoms with E-state index in [1.54, 1.807) is 6.20 Å². The van der Waals surface area contributed by atoms with Crippen LogP contribution >= 0.6 is 0 Å². The molecule has 0 spiro atoms. The van der Waals surface area contributed by atoms with Gasteiger partial charge in [-0.15, -0.1) is 0 Å². The lowest BCUT2D eigenvalue weighted by Crippen LogP contribution is -2.43. The standard InChI is InChI=1S/C12H12N4/c13-8-12(4-1-5-12)15-10-2-3-11-9(6-10)7-14-16-11/h2-3,6-7,15H,1,4-5H2,(H,14,16). The molecule has 1 aliphatic carbocycles. The van der Waals surface area contributed by atoms with Gasteiger partial charge < -0.3 is 5.32 Å². The summed E-state index contributed by atoms with van der Waals surface area (Å²) in [5, 5.41) is 20.4. The Morgan fingerprint density at radius 2 is 2.31 bits per heavy atom. The van der Waals surface area contributed by atoms with Crippen molar-refractivity contribution in [2.75, 3.05) is 5.32 Å². The molecule has 0 unspecified atom stereocenters. The molecule has 1 aliphatic rings. The Kier molecular flexibility index (Phi) is 1.87. The first kappa shape index (κ1) is 9.22. The van der Waals surface area contributed by atoms with Crippen LogP contribution in [0, 0.1) is 11.3 Å². The third kappa shape index (κ3) is 1.33. The molecule has 0 amide bonds. The van der Waals surface area contributed by atoms with E-state index in [1.807, 2.05) is 18.2 Å². The second-order valence-electron chi connectivity index (χ2n) is 4.34. The van der Waals surface area contributed by atoms with Crippen molar-refractivity contribution >= 4 is 16.6 Å². The SMILES string of the molecule is N#CC1(Nc2ccc3[nH]ncc3c2)CCC1. The number of nitrogens with one attached hydrogen (secondary N) is 2. The molecule has 1 heterocycles. The summed E-state index contributed by atoms with van der Waals surface area (Å²) in [4.78, 5) is 0. The normalized spacial score (nSPS) is 17.7. The predicted octanol–water partition coefficient (Wildman–Crippen LogP) is 2.42. The molecule has 1 aromatic heterocycles. The Hall–Kier alpha value is -2.02. The van der Waals surface area contributed by atoms with Crippen molar-refractivity contribution in [1.82, 2.24) is 10.2 Å². The topological polar surface area (TPSA) is 64.5 Å². The molecule has 2 aromatic rings. The fourth-order valence-electron chi connectivity index (χ4n) is 2.09. The van der Waals surface area contributed by atoms with E-state index >= 15 is 0 Å². The average Bonchev–Trinajstić information content (AvgIpc) is 2.70. The molecular weight excluding hydrogens is 200 g/mol. The van der Waals surface area contributed by atoms with Crippen molar-refractivity contribution in [3.63, 3.8) is 0 Å². The van der Waals surface area contributed by atoms with E-state index in [0.29, 0.717) is 0 Å². The summed E-state index contributed by atoms with van der Waals surface area (Å²) in [6, 6.07) is 8.36. The van der Waals surface area contributed by atoms with E-state index in [-0.39, 0.29) is 5.54 Å². The monoisotopic (exact) mass is 212 g/mol. The third-order valence-electron chi connectivity index (χ3n) is 3.24. The van der Waals surface area contributed by atoms with Gasteiger partial charge in [-0.1, -0.05) is 0 Å². The maximum atomic E-state index is 9.14. The lowest BCUT2D eigenvalue weighted by Gasteiger charge is -2.36. The molecule has 0 saturated heterocycles. The number of aromatic nitrogens is 2. The highest BCUT2D eigenvalue weighted by Crippen LogP contribution is 2.35. The minimum absolute atomic E-state index is 0.336. The molecule has 4 heteroatoms. The Morgan fingerprint density at radius 3 is 3.00 bits per heavy atom. The molecule has 1 fully saturated rings. The van der Waals surface area contributed by atoms with Gasteiger partial charge in [0.15, 0.2) is 0 Å². The third-order valence-corrected chi connectivity index (χ3v) is 3.24. The molecule has 1 aromatic carbocycles. The number of hydrogen-bond acceptors (Lipinski definition) is 3. The van der Waals surface area contributed by atoms with Crippen molar-refractivity contribution in [3.05, 3.63) is 24.4 Å². The minimum Gasteiger partial charge on any atom is -0.367 e. The van der Waals surface area contributed by atoms with Crippen molar-refractivity contribution < 1.29 is 0 Å². The maximum absolute atomic E-state index is 9.14. The fourth-order valence-corrected chi connectivity index (χ4v) is 2.09. The highest BCUT2D eigenvalue weighted by molar-refractivity contribution is 5.82. The van der Waals surface area contributed by atoms with Gasteiger partial charge in [-0.25, -0.2) is 0 Å². The van der Waals surface area contributed by atoms with Gasteiger partial charge in [0.05, 0.1) is 17.8 Å². The number of benzene rings is 1. The van der Waals surface area contributed by atoms with Crippen LogP contribution in [0.25, 0.3) is 10.9 Å². The molecule has 0 atom stereocenters. The number of nitriles is 1. The fraction of sp³-hybridized carbons (Fsp3) is 0.333. The van der Waals surface area contributed by atoms with Crippen LogP contribution < -0.4 is 5.32 Å². The number of fused-ring (bicyclic) bond motifs is 1. The van der Waals surface area contributed by atoms with E-state index in [2.05, 4.69) is 21.6 Å². The van der Waals surface area contributed by atoms with Crippen LogP contribution in [-0.2, 0) is 0 Å². The molecule has 0 aliphatic heterocycles. The van der Waals surface area contributed by atoms with Gasteiger partial charge in [0.25, 0.3) is 0 Å². The molecule has 4 nitrogen and oxygen atoms in total. The van der Waals surface area contributed by atoms with Gasteiger partial charge in [0.1, 0.15) is 5.54 Å². The van der Waals surface area contributed by atoms with Crippen LogP contribution in [0.15, 0.2) is 24.4 Å². The van der Waals surface area contributed by atoms with E-state index in [0.717, 1.165) is 35.9 Å². The quantitative estimate of drug-likeness (QED) is 0.803. The van der Waals surface area contributed by atoms with E-state index in [9.17, 15) is 0 Å². The molecule has 16 heavy (non-hydrogen) atoms. The summed E-state index contributed by atoms with van der Waals surface area (Å²) in [6.45, 7) is 0. The molecule has 80 valence electrons. The second kappa shape index (κ2) is 3.24. The number of H-pyrrole nitrogens is 1. The van der Waals surface area contributed by atoms with Gasteiger partial charge in [0.2, 0.25) is 0 Å². The van der Waals surface area contributed by atoms with Crippen LogP contribution in [-0.4, -0.2) is 15.7 Å². The summed E-state index contributed by atoms with van der Waals surface area (Å²) in [6.07, 6.45) is 4.80. The average molecular weight is 212 g/mol. The highest BCUT2D eigenvalue weighted by Gasteiger charge is 2.36. The summed E-state index contributed by atoms with van der Waals surface area (Å²) in [5.74, 6) is 0. The Labute approximate surface area is 93.3 Å². The molecule has 0 bridgehead atoms. The number of anilines is 1. The van der Waals surface area contributed by atoms with Crippen molar-refractivity contribution in [3.8, 4) is 6.07 Å².